The van der Waals surface area contributed by atoms with E-state index in [2.05, 4.69) is 0 Å². The van der Waals surface area contributed by atoms with Crippen molar-refractivity contribution in [2.24, 2.45) is 34.0 Å². The van der Waals surface area contributed by atoms with E-state index in [1.165, 1.54) is 6.08 Å². The maximum atomic E-state index is 13.9. The van der Waals surface area contributed by atoms with Gasteiger partial charge >= 0.3 is 17.9 Å². The van der Waals surface area contributed by atoms with Crippen LogP contribution in [-0.2, 0) is 38.2 Å². The summed E-state index contributed by atoms with van der Waals surface area (Å²) in [5.74, 6) is -5.35. The lowest BCUT2D eigenvalue weighted by Gasteiger charge is -2.61. The van der Waals surface area contributed by atoms with Gasteiger partial charge in [0.2, 0.25) is 6.29 Å². The Kier molecular flexibility index (Phi) is 5.63. The summed E-state index contributed by atoms with van der Waals surface area (Å²) in [5.41, 5.74) is -1.72. The Balaban J connectivity index is 1.68. The number of carbonyl (C=O) groups excluding carboxylic acids is 5. The third-order valence-electron chi connectivity index (χ3n) is 9.80. The zero-order valence-corrected chi connectivity index (χ0v) is 21.5. The molecule has 0 radical (unpaired) electrons. The number of aliphatic hydroxyl groups is 2. The highest BCUT2D eigenvalue weighted by molar-refractivity contribution is 6.11. The third-order valence-corrected chi connectivity index (χ3v) is 9.80. The molecule has 5 rings (SSSR count). The number of hydrogen-bond acceptors (Lipinski definition) is 10. The van der Waals surface area contributed by atoms with E-state index in [9.17, 15) is 34.2 Å². The van der Waals surface area contributed by atoms with Crippen LogP contribution in [0.15, 0.2) is 22.8 Å². The van der Waals surface area contributed by atoms with Crippen LogP contribution in [0, 0.1) is 34.0 Å². The SMILES string of the molecule is COC(=O)[C@H](O)[C@H]1C(C)(C)C(=O)[C@@H]2CC3=C4CC(=O)O[C@@H](C5=C[C@@H](O)OC5=O)[C@]4(C)CC[C@@H]3[C@@]1(C)C2=O. The molecule has 2 heterocycles. The smallest absolute Gasteiger partial charge is 0.340 e. The molecule has 2 aliphatic heterocycles. The minimum Gasteiger partial charge on any atom is -0.467 e. The molecular formula is C27H32O10. The van der Waals surface area contributed by atoms with Crippen LogP contribution in [0.5, 0.6) is 0 Å². The first-order chi connectivity index (χ1) is 17.2. The van der Waals surface area contributed by atoms with Crippen LogP contribution in [0.25, 0.3) is 0 Å². The molecule has 10 heteroatoms. The second-order valence-corrected chi connectivity index (χ2v) is 11.9. The lowest BCUT2D eigenvalue weighted by atomic mass is 9.40. The molecule has 37 heavy (non-hydrogen) atoms. The molecule has 0 amide bonds. The highest BCUT2D eigenvalue weighted by Crippen LogP contribution is 2.66. The van der Waals surface area contributed by atoms with Gasteiger partial charge in [0.25, 0.3) is 0 Å². The van der Waals surface area contributed by atoms with Gasteiger partial charge in [0.15, 0.2) is 11.9 Å². The van der Waals surface area contributed by atoms with Crippen molar-refractivity contribution in [3.8, 4) is 0 Å². The Morgan fingerprint density at radius 2 is 1.78 bits per heavy atom. The van der Waals surface area contributed by atoms with E-state index >= 15 is 0 Å². The third kappa shape index (κ3) is 3.27. The zero-order valence-electron chi connectivity index (χ0n) is 21.5. The van der Waals surface area contributed by atoms with Gasteiger partial charge in [-0.15, -0.1) is 0 Å². The quantitative estimate of drug-likeness (QED) is 0.242. The molecule has 0 unspecified atom stereocenters. The van der Waals surface area contributed by atoms with E-state index in [1.54, 1.807) is 20.8 Å². The van der Waals surface area contributed by atoms with Crippen LogP contribution in [0.1, 0.15) is 53.4 Å². The van der Waals surface area contributed by atoms with E-state index < -0.39 is 70.4 Å². The van der Waals surface area contributed by atoms with Gasteiger partial charge in [-0.2, -0.15) is 0 Å². The van der Waals surface area contributed by atoms with Gasteiger partial charge in [0.1, 0.15) is 11.9 Å². The van der Waals surface area contributed by atoms with E-state index in [-0.39, 0.29) is 30.0 Å². The van der Waals surface area contributed by atoms with Crippen LogP contribution < -0.4 is 0 Å². The number of carbonyl (C=O) groups is 5. The highest BCUT2D eigenvalue weighted by Gasteiger charge is 2.70. The van der Waals surface area contributed by atoms with Gasteiger partial charge in [0.05, 0.1) is 25.0 Å². The fourth-order valence-electron chi connectivity index (χ4n) is 8.13. The molecule has 10 nitrogen and oxygen atoms in total. The second-order valence-electron chi connectivity index (χ2n) is 11.9. The first-order valence-corrected chi connectivity index (χ1v) is 12.6. The summed E-state index contributed by atoms with van der Waals surface area (Å²) < 4.78 is 15.3. The Bertz CT molecular complexity index is 1190. The Hall–Kier alpha value is -2.85. The summed E-state index contributed by atoms with van der Waals surface area (Å²) in [6.45, 7) is 6.91. The molecule has 0 spiro atoms. The molecule has 3 aliphatic carbocycles. The molecule has 2 N–H and O–H groups in total. The zero-order chi connectivity index (χ0) is 27.2. The lowest BCUT2D eigenvalue weighted by molar-refractivity contribution is -0.185. The van der Waals surface area contributed by atoms with Crippen molar-refractivity contribution in [3.05, 3.63) is 22.8 Å². The van der Waals surface area contributed by atoms with Gasteiger partial charge < -0.3 is 24.4 Å². The molecule has 5 aliphatic rings. The molecule has 8 atom stereocenters. The fourth-order valence-corrected chi connectivity index (χ4v) is 8.13. The molecular weight excluding hydrogens is 484 g/mol. The number of aliphatic hydroxyl groups excluding tert-OH is 2. The molecule has 2 saturated carbocycles. The van der Waals surface area contributed by atoms with Crippen molar-refractivity contribution >= 4 is 29.5 Å². The number of fused-ring (bicyclic) bond motifs is 5. The van der Waals surface area contributed by atoms with Crippen molar-refractivity contribution in [2.45, 2.75) is 71.9 Å². The number of hydrogen-bond donors (Lipinski definition) is 2. The number of esters is 3. The van der Waals surface area contributed by atoms with E-state index in [0.717, 1.165) is 12.7 Å². The van der Waals surface area contributed by atoms with Crippen molar-refractivity contribution in [3.63, 3.8) is 0 Å². The number of methoxy groups -OCH3 is 1. The molecule has 0 aromatic carbocycles. The largest absolute Gasteiger partial charge is 0.467 e. The number of rotatable bonds is 3. The number of allylic oxidation sites excluding steroid dienone is 1. The number of cyclic esters (lactones) is 2. The van der Waals surface area contributed by atoms with Gasteiger partial charge in [0, 0.05) is 22.2 Å². The summed E-state index contributed by atoms with van der Waals surface area (Å²) in [6, 6.07) is 0. The Labute approximate surface area is 214 Å². The predicted octanol–water partition coefficient (Wildman–Crippen LogP) is 1.17. The number of ether oxygens (including phenoxy) is 3. The first-order valence-electron chi connectivity index (χ1n) is 12.6. The minimum absolute atomic E-state index is 0.0640. The summed E-state index contributed by atoms with van der Waals surface area (Å²) in [5, 5.41) is 20.9. The maximum Gasteiger partial charge on any atom is 0.340 e. The van der Waals surface area contributed by atoms with E-state index in [0.29, 0.717) is 18.4 Å². The number of Topliss-reactive ketones (excluding diaryl/α,β-unsaturated/α-hetero) is 2. The van der Waals surface area contributed by atoms with Crippen LogP contribution in [-0.4, -0.2) is 65.3 Å². The van der Waals surface area contributed by atoms with Crippen molar-refractivity contribution in [1.29, 1.82) is 0 Å². The van der Waals surface area contributed by atoms with Gasteiger partial charge in [-0.1, -0.05) is 33.3 Å². The van der Waals surface area contributed by atoms with Crippen molar-refractivity contribution in [2.75, 3.05) is 7.11 Å². The van der Waals surface area contributed by atoms with Crippen molar-refractivity contribution < 1.29 is 48.4 Å². The lowest BCUT2D eigenvalue weighted by Crippen LogP contribution is -2.67. The summed E-state index contributed by atoms with van der Waals surface area (Å²) in [6.07, 6.45) is -1.93. The van der Waals surface area contributed by atoms with Gasteiger partial charge in [-0.05, 0) is 36.8 Å². The second kappa shape index (κ2) is 8.07. The number of ketones is 2. The monoisotopic (exact) mass is 516 g/mol. The molecule has 200 valence electrons. The average molecular weight is 517 g/mol. The van der Waals surface area contributed by atoms with Gasteiger partial charge in [-0.3, -0.25) is 14.4 Å². The van der Waals surface area contributed by atoms with Gasteiger partial charge in [-0.25, -0.2) is 9.59 Å². The molecule has 2 bridgehead atoms. The normalized spacial score (nSPS) is 41.3. The molecule has 3 fully saturated rings. The molecule has 0 aromatic heterocycles. The maximum absolute atomic E-state index is 13.9. The standard InChI is InChI=1S/C27H32O10/c1-25(2)19(18(30)24(34)35-5)27(4)14-6-7-26(3)15(11(14)8-12(20(25)31)21(27)32)10-17(29)36-22(26)13-9-16(28)37-23(13)33/h9,12,14,16,18-19,22,28,30H,6-8,10H2,1-5H3/t12-,14-,16-,18+,19-,22-,26+,27+/m0/s1. The van der Waals surface area contributed by atoms with Crippen LogP contribution in [0.3, 0.4) is 0 Å². The van der Waals surface area contributed by atoms with Crippen LogP contribution in [0.2, 0.25) is 0 Å². The minimum atomic E-state index is -1.69. The van der Waals surface area contributed by atoms with Crippen LogP contribution in [0.4, 0.5) is 0 Å². The fraction of sp³-hybridized carbons (Fsp3) is 0.667. The summed E-state index contributed by atoms with van der Waals surface area (Å²) in [4.78, 5) is 65.3. The Morgan fingerprint density at radius 3 is 2.38 bits per heavy atom. The van der Waals surface area contributed by atoms with E-state index in [4.69, 9.17) is 14.2 Å². The average Bonchev–Trinajstić information content (AvgIpc) is 3.16. The van der Waals surface area contributed by atoms with Crippen molar-refractivity contribution in [1.82, 2.24) is 0 Å². The predicted molar refractivity (Wildman–Crippen MR) is 124 cm³/mol. The van der Waals surface area contributed by atoms with E-state index in [1.807, 2.05) is 6.92 Å². The first kappa shape index (κ1) is 25.8. The topological polar surface area (TPSA) is 154 Å². The molecule has 1 saturated heterocycles. The molecule has 0 aromatic rings. The Morgan fingerprint density at radius 1 is 1.11 bits per heavy atom. The van der Waals surface area contributed by atoms with Crippen LogP contribution >= 0.6 is 0 Å². The summed E-state index contributed by atoms with van der Waals surface area (Å²) in [7, 11) is 1.14. The summed E-state index contributed by atoms with van der Waals surface area (Å²) >= 11 is 0. The highest BCUT2D eigenvalue weighted by atomic mass is 16.6.